The number of nitrogens with one attached hydrogen (secondary N) is 1. The lowest BCUT2D eigenvalue weighted by atomic mass is 10.1. The Kier molecular flexibility index (Phi) is 4.94. The molecule has 21 heavy (non-hydrogen) atoms. The molecule has 1 N–H and O–H groups in total. The number of benzene rings is 2. The molecule has 0 aliphatic heterocycles. The van der Waals surface area contributed by atoms with E-state index in [1.54, 1.807) is 56.3 Å². The summed E-state index contributed by atoms with van der Waals surface area (Å²) in [6.45, 7) is 3.52. The van der Waals surface area contributed by atoms with Crippen LogP contribution in [0.2, 0.25) is 10.0 Å². The number of aryl methyl sites for hydroxylation is 1. The summed E-state index contributed by atoms with van der Waals surface area (Å²) in [7, 11) is -3.59. The maximum absolute atomic E-state index is 12.4. The fourth-order valence-corrected chi connectivity index (χ4v) is 3.79. The molecule has 6 heteroatoms. The van der Waals surface area contributed by atoms with Crippen LogP contribution in [0, 0.1) is 6.92 Å². The van der Waals surface area contributed by atoms with Crippen LogP contribution in [-0.2, 0) is 10.0 Å². The van der Waals surface area contributed by atoms with E-state index in [2.05, 4.69) is 4.72 Å². The minimum absolute atomic E-state index is 0.275. The zero-order valence-electron chi connectivity index (χ0n) is 11.6. The Morgan fingerprint density at radius 2 is 1.71 bits per heavy atom. The molecule has 0 aromatic heterocycles. The number of sulfonamides is 1. The van der Waals surface area contributed by atoms with Gasteiger partial charge in [-0.25, -0.2) is 13.1 Å². The number of hydrogen-bond acceptors (Lipinski definition) is 2. The lowest BCUT2D eigenvalue weighted by molar-refractivity contribution is 0.566. The van der Waals surface area contributed by atoms with Gasteiger partial charge in [-0.15, -0.1) is 0 Å². The van der Waals surface area contributed by atoms with Crippen molar-refractivity contribution in [1.82, 2.24) is 4.72 Å². The molecule has 0 saturated heterocycles. The van der Waals surface area contributed by atoms with Crippen molar-refractivity contribution in [2.75, 3.05) is 0 Å². The molecule has 2 aromatic rings. The highest BCUT2D eigenvalue weighted by molar-refractivity contribution is 7.89. The molecule has 2 rings (SSSR count). The normalized spacial score (nSPS) is 13.1. The van der Waals surface area contributed by atoms with E-state index >= 15 is 0 Å². The summed E-state index contributed by atoms with van der Waals surface area (Å²) < 4.78 is 27.5. The second kappa shape index (κ2) is 6.36. The quantitative estimate of drug-likeness (QED) is 0.897. The maximum atomic E-state index is 12.4. The first-order valence-electron chi connectivity index (χ1n) is 6.34. The van der Waals surface area contributed by atoms with E-state index in [9.17, 15) is 8.42 Å². The highest BCUT2D eigenvalue weighted by Gasteiger charge is 2.20. The molecule has 0 spiro atoms. The summed E-state index contributed by atoms with van der Waals surface area (Å²) in [4.78, 5) is 0.275. The van der Waals surface area contributed by atoms with Gasteiger partial charge in [-0.1, -0.05) is 47.5 Å². The Bertz CT molecular complexity index is 760. The van der Waals surface area contributed by atoms with Crippen molar-refractivity contribution in [3.05, 3.63) is 63.6 Å². The smallest absolute Gasteiger partial charge is 0.207 e. The Morgan fingerprint density at radius 3 is 2.33 bits per heavy atom. The van der Waals surface area contributed by atoms with Crippen LogP contribution in [0.1, 0.15) is 24.1 Å². The van der Waals surface area contributed by atoms with Crippen LogP contribution in [0.3, 0.4) is 0 Å². The third-order valence-electron chi connectivity index (χ3n) is 3.16. The fraction of sp³-hybridized carbons (Fsp3) is 0.200. The summed E-state index contributed by atoms with van der Waals surface area (Å²) in [5, 5.41) is 0.838. The largest absolute Gasteiger partial charge is 0.241 e. The van der Waals surface area contributed by atoms with Crippen molar-refractivity contribution in [3.8, 4) is 0 Å². The van der Waals surface area contributed by atoms with Gasteiger partial charge in [0.2, 0.25) is 10.0 Å². The van der Waals surface area contributed by atoms with Gasteiger partial charge in [-0.2, -0.15) is 0 Å². The average Bonchev–Trinajstić information content (AvgIpc) is 2.41. The molecule has 0 fully saturated rings. The predicted octanol–water partition coefficient (Wildman–Crippen LogP) is 4.34. The molecule has 0 amide bonds. The summed E-state index contributed by atoms with van der Waals surface area (Å²) in [5.41, 5.74) is 1.45. The third kappa shape index (κ3) is 3.77. The van der Waals surface area contributed by atoms with E-state index in [1.165, 1.54) is 0 Å². The fourth-order valence-electron chi connectivity index (χ4n) is 2.00. The monoisotopic (exact) mass is 343 g/mol. The summed E-state index contributed by atoms with van der Waals surface area (Å²) in [6.07, 6.45) is 0. The zero-order valence-corrected chi connectivity index (χ0v) is 13.9. The first-order chi connectivity index (χ1) is 9.81. The SMILES string of the molecule is Cc1ccccc1S(=O)(=O)NC(C)c1ccc(Cl)c(Cl)c1. The number of hydrogen-bond donors (Lipinski definition) is 1. The van der Waals surface area contributed by atoms with Crippen LogP contribution >= 0.6 is 23.2 Å². The van der Waals surface area contributed by atoms with Crippen LogP contribution in [0.4, 0.5) is 0 Å². The molecule has 112 valence electrons. The number of halogens is 2. The molecule has 0 aliphatic carbocycles. The topological polar surface area (TPSA) is 46.2 Å². The van der Waals surface area contributed by atoms with E-state index < -0.39 is 16.1 Å². The van der Waals surface area contributed by atoms with Crippen molar-refractivity contribution in [1.29, 1.82) is 0 Å². The van der Waals surface area contributed by atoms with Gasteiger partial charge in [-0.05, 0) is 43.2 Å². The molecular weight excluding hydrogens is 329 g/mol. The number of rotatable bonds is 4. The van der Waals surface area contributed by atoms with Crippen LogP contribution in [-0.4, -0.2) is 8.42 Å². The first kappa shape index (κ1) is 16.3. The molecule has 0 radical (unpaired) electrons. The second-order valence-corrected chi connectivity index (χ2v) is 7.28. The van der Waals surface area contributed by atoms with Gasteiger partial charge in [0.25, 0.3) is 0 Å². The Balaban J connectivity index is 2.28. The first-order valence-corrected chi connectivity index (χ1v) is 8.58. The van der Waals surface area contributed by atoms with E-state index in [4.69, 9.17) is 23.2 Å². The third-order valence-corrected chi connectivity index (χ3v) is 5.60. The summed E-state index contributed by atoms with van der Waals surface area (Å²) in [5.74, 6) is 0. The van der Waals surface area contributed by atoms with E-state index in [0.717, 1.165) is 5.56 Å². The molecule has 1 atom stereocenters. The molecule has 0 aliphatic rings. The summed E-state index contributed by atoms with van der Waals surface area (Å²) in [6, 6.07) is 11.5. The van der Waals surface area contributed by atoms with Gasteiger partial charge >= 0.3 is 0 Å². The highest BCUT2D eigenvalue weighted by Crippen LogP contribution is 2.26. The van der Waals surface area contributed by atoms with Crippen molar-refractivity contribution in [2.45, 2.75) is 24.8 Å². The second-order valence-electron chi connectivity index (χ2n) is 4.78. The van der Waals surface area contributed by atoms with Crippen molar-refractivity contribution in [2.24, 2.45) is 0 Å². The molecule has 0 heterocycles. The lowest BCUT2D eigenvalue weighted by Gasteiger charge is -2.16. The Morgan fingerprint density at radius 1 is 1.05 bits per heavy atom. The van der Waals surface area contributed by atoms with Gasteiger partial charge in [0.1, 0.15) is 0 Å². The zero-order chi connectivity index (χ0) is 15.6. The van der Waals surface area contributed by atoms with Gasteiger partial charge in [0.05, 0.1) is 14.9 Å². The van der Waals surface area contributed by atoms with Gasteiger partial charge in [0.15, 0.2) is 0 Å². The van der Waals surface area contributed by atoms with Crippen LogP contribution < -0.4 is 4.72 Å². The van der Waals surface area contributed by atoms with Crippen molar-refractivity contribution in [3.63, 3.8) is 0 Å². The van der Waals surface area contributed by atoms with Crippen LogP contribution in [0.15, 0.2) is 47.4 Å². The maximum Gasteiger partial charge on any atom is 0.241 e. The minimum Gasteiger partial charge on any atom is -0.207 e. The van der Waals surface area contributed by atoms with E-state index in [-0.39, 0.29) is 4.90 Å². The van der Waals surface area contributed by atoms with E-state index in [1.807, 2.05) is 0 Å². The van der Waals surface area contributed by atoms with Crippen LogP contribution in [0.25, 0.3) is 0 Å². The van der Waals surface area contributed by atoms with Crippen LogP contribution in [0.5, 0.6) is 0 Å². The average molecular weight is 344 g/mol. The van der Waals surface area contributed by atoms with Crippen molar-refractivity contribution < 1.29 is 8.42 Å². The predicted molar refractivity (Wildman–Crippen MR) is 86.4 cm³/mol. The standard InChI is InChI=1S/C15H15Cl2NO2S/c1-10-5-3-4-6-15(10)21(19,20)18-11(2)12-7-8-13(16)14(17)9-12/h3-9,11,18H,1-2H3. The molecular formula is C15H15Cl2NO2S. The van der Waals surface area contributed by atoms with Gasteiger partial charge in [-0.3, -0.25) is 0 Å². The molecule has 3 nitrogen and oxygen atoms in total. The Hall–Kier alpha value is -1.07. The van der Waals surface area contributed by atoms with Gasteiger partial charge < -0.3 is 0 Å². The molecule has 2 aromatic carbocycles. The summed E-state index contributed by atoms with van der Waals surface area (Å²) >= 11 is 11.8. The molecule has 0 saturated carbocycles. The lowest BCUT2D eigenvalue weighted by Crippen LogP contribution is -2.27. The molecule has 1 unspecified atom stereocenters. The van der Waals surface area contributed by atoms with Crippen molar-refractivity contribution >= 4 is 33.2 Å². The minimum atomic E-state index is -3.59. The van der Waals surface area contributed by atoms with E-state index in [0.29, 0.717) is 15.6 Å². The Labute approximate surface area is 135 Å². The molecule has 0 bridgehead atoms. The highest BCUT2D eigenvalue weighted by atomic mass is 35.5. The van der Waals surface area contributed by atoms with Gasteiger partial charge in [0, 0.05) is 6.04 Å².